The quantitative estimate of drug-likeness (QED) is 0.126. The van der Waals surface area contributed by atoms with Crippen LogP contribution in [-0.4, -0.2) is 91.6 Å². The Bertz CT molecular complexity index is 451. The number of carbonyl (C=O) groups is 4. The van der Waals surface area contributed by atoms with Crippen LogP contribution in [0.4, 0.5) is 0 Å². The molecule has 0 aromatic carbocycles. The topological polar surface area (TPSA) is 181 Å². The van der Waals surface area contributed by atoms with E-state index in [1.54, 1.807) is 0 Å². The molecule has 0 spiro atoms. The van der Waals surface area contributed by atoms with Crippen LogP contribution in [0.15, 0.2) is 0 Å². The molecule has 12 heteroatoms. The number of ether oxygens (including phenoxy) is 4. The molecule has 0 radical (unpaired) electrons. The zero-order valence-corrected chi connectivity index (χ0v) is 20.6. The molecular weight excluding hydrogens is 436 g/mol. The number of unbranched alkanes of at least 4 members (excludes halogenated alkanes) is 1. The number of nitrogens with one attached hydrogen (secondary N) is 2. The van der Waals surface area contributed by atoms with Gasteiger partial charge in [0.05, 0.1) is 28.4 Å². The predicted molar refractivity (Wildman–Crippen MR) is 124 cm³/mol. The number of hydrogen-bond donors (Lipinski definition) is 4. The first kappa shape index (κ1) is 35.3. The van der Waals surface area contributed by atoms with Crippen LogP contribution in [0, 0.1) is 0 Å². The van der Waals surface area contributed by atoms with Crippen LogP contribution in [0.3, 0.4) is 0 Å². The molecule has 0 aliphatic carbocycles. The molecule has 0 saturated carbocycles. The highest BCUT2D eigenvalue weighted by Crippen LogP contribution is 2.01. The van der Waals surface area contributed by atoms with Gasteiger partial charge in [-0.1, -0.05) is 0 Å². The van der Waals surface area contributed by atoms with Crippen LogP contribution >= 0.6 is 0 Å². The molecule has 0 aromatic rings. The molecule has 0 fully saturated rings. The van der Waals surface area contributed by atoms with Gasteiger partial charge in [-0.3, -0.25) is 19.2 Å². The normalized spacial score (nSPS) is 9.39. The molecule has 196 valence electrons. The summed E-state index contributed by atoms with van der Waals surface area (Å²) in [5, 5.41) is 6.33. The number of nitrogens with two attached hydrogens (primary N) is 2. The second-order valence-corrected chi connectivity index (χ2v) is 6.44. The number of methoxy groups -OCH3 is 4. The van der Waals surface area contributed by atoms with E-state index in [1.165, 1.54) is 28.4 Å². The zero-order chi connectivity index (χ0) is 25.7. The Balaban J connectivity index is -0.000000411. The van der Waals surface area contributed by atoms with Crippen molar-refractivity contribution >= 4 is 23.9 Å². The number of carbonyl (C=O) groups excluding carboxylic acids is 4. The van der Waals surface area contributed by atoms with Crippen molar-refractivity contribution in [2.75, 3.05) is 67.7 Å². The van der Waals surface area contributed by atoms with E-state index in [1.807, 2.05) is 0 Å². The minimum Gasteiger partial charge on any atom is -0.469 e. The minimum absolute atomic E-state index is 0.236. The molecule has 0 atom stereocenters. The molecule has 0 aromatic heterocycles. The van der Waals surface area contributed by atoms with Gasteiger partial charge in [-0.15, -0.1) is 0 Å². The monoisotopic (exact) mass is 480 g/mol. The Hall–Kier alpha value is -2.28. The summed E-state index contributed by atoms with van der Waals surface area (Å²) in [5.41, 5.74) is 10.5. The predicted octanol–water partition coefficient (Wildman–Crippen LogP) is -0.521. The molecule has 0 aliphatic heterocycles. The van der Waals surface area contributed by atoms with Gasteiger partial charge in [0.25, 0.3) is 0 Å². The van der Waals surface area contributed by atoms with Crippen molar-refractivity contribution in [1.82, 2.24) is 10.6 Å². The third-order valence-corrected chi connectivity index (χ3v) is 3.81. The van der Waals surface area contributed by atoms with E-state index < -0.39 is 0 Å². The lowest BCUT2D eigenvalue weighted by molar-refractivity contribution is -0.143. The Morgan fingerprint density at radius 3 is 1.03 bits per heavy atom. The summed E-state index contributed by atoms with van der Waals surface area (Å²) in [6.07, 6.45) is 3.10. The zero-order valence-electron chi connectivity index (χ0n) is 20.6. The van der Waals surface area contributed by atoms with Gasteiger partial charge < -0.3 is 41.0 Å². The summed E-state index contributed by atoms with van der Waals surface area (Å²) in [4.78, 5) is 42.2. The van der Waals surface area contributed by atoms with E-state index >= 15 is 0 Å². The van der Waals surface area contributed by atoms with Crippen LogP contribution in [0.2, 0.25) is 0 Å². The van der Waals surface area contributed by atoms with Crippen LogP contribution in [0.5, 0.6) is 0 Å². The lowest BCUT2D eigenvalue weighted by atomic mass is 10.2. The van der Waals surface area contributed by atoms with Crippen molar-refractivity contribution in [3.8, 4) is 0 Å². The lowest BCUT2D eigenvalue weighted by Crippen LogP contribution is -2.32. The van der Waals surface area contributed by atoms with Crippen LogP contribution in [-0.2, 0) is 38.1 Å². The molecule has 0 amide bonds. The molecule has 33 heavy (non-hydrogen) atoms. The first-order valence-corrected chi connectivity index (χ1v) is 10.9. The van der Waals surface area contributed by atoms with E-state index in [9.17, 15) is 19.2 Å². The molecule has 0 saturated heterocycles. The SMILES string of the molecule is COC(=O)CCCC(=O)OC.COC(=O)CCCCC(=O)OC.NCCNCCNCCN. The maximum absolute atomic E-state index is 10.6. The number of esters is 4. The van der Waals surface area contributed by atoms with Gasteiger partial charge in [0.15, 0.2) is 0 Å². The average molecular weight is 481 g/mol. The Kier molecular flexibility index (Phi) is 31.8. The molecule has 12 nitrogen and oxygen atoms in total. The van der Waals surface area contributed by atoms with Gasteiger partial charge >= 0.3 is 23.9 Å². The van der Waals surface area contributed by atoms with E-state index in [2.05, 4.69) is 29.6 Å². The lowest BCUT2D eigenvalue weighted by Gasteiger charge is -2.03. The summed E-state index contributed by atoms with van der Waals surface area (Å²) in [6.45, 7) is 5.14. The van der Waals surface area contributed by atoms with Gasteiger partial charge in [-0.25, -0.2) is 0 Å². The molecule has 0 unspecified atom stereocenters. The fourth-order valence-electron chi connectivity index (χ4n) is 1.95. The highest BCUT2D eigenvalue weighted by atomic mass is 16.5. The summed E-state index contributed by atoms with van der Waals surface area (Å²) < 4.78 is 17.6. The van der Waals surface area contributed by atoms with Crippen molar-refractivity contribution in [3.63, 3.8) is 0 Å². The third-order valence-electron chi connectivity index (χ3n) is 3.81. The number of rotatable bonds is 16. The van der Waals surface area contributed by atoms with Crippen LogP contribution < -0.4 is 22.1 Å². The van der Waals surface area contributed by atoms with E-state index in [0.717, 1.165) is 26.2 Å². The van der Waals surface area contributed by atoms with Gasteiger partial charge in [-0.05, 0) is 19.3 Å². The van der Waals surface area contributed by atoms with Crippen LogP contribution in [0.1, 0.15) is 44.9 Å². The van der Waals surface area contributed by atoms with Gasteiger partial charge in [0, 0.05) is 65.0 Å². The van der Waals surface area contributed by atoms with Gasteiger partial charge in [0.1, 0.15) is 0 Å². The van der Waals surface area contributed by atoms with Crippen molar-refractivity contribution in [2.45, 2.75) is 44.9 Å². The summed E-state index contributed by atoms with van der Waals surface area (Å²) in [6, 6.07) is 0. The molecular formula is C21H44N4O8. The molecule has 0 aliphatic rings. The first-order valence-electron chi connectivity index (χ1n) is 10.9. The molecule has 0 bridgehead atoms. The van der Waals surface area contributed by atoms with Crippen molar-refractivity contribution in [2.24, 2.45) is 11.5 Å². The maximum Gasteiger partial charge on any atom is 0.305 e. The average Bonchev–Trinajstić information content (AvgIpc) is 2.84. The summed E-state index contributed by atoms with van der Waals surface area (Å²) in [5.74, 6) is -1.07. The summed E-state index contributed by atoms with van der Waals surface area (Å²) >= 11 is 0. The Morgan fingerprint density at radius 1 is 0.515 bits per heavy atom. The van der Waals surface area contributed by atoms with Crippen molar-refractivity contribution < 1.29 is 38.1 Å². The maximum atomic E-state index is 10.6. The Morgan fingerprint density at radius 2 is 0.788 bits per heavy atom. The standard InChI is InChI=1S/C8H14O4.C7H12O4.C6H18N4/c1-11-7(9)5-3-4-6-8(10)12-2;1-10-6(8)4-3-5-7(9)11-2;7-1-3-9-5-6-10-4-2-8/h3-6H2,1-2H3;3-5H2,1-2H3;9-10H,1-8H2. The highest BCUT2D eigenvalue weighted by Gasteiger charge is 2.04. The smallest absolute Gasteiger partial charge is 0.305 e. The van der Waals surface area contributed by atoms with Gasteiger partial charge in [-0.2, -0.15) is 0 Å². The second kappa shape index (κ2) is 29.7. The van der Waals surface area contributed by atoms with Gasteiger partial charge in [0.2, 0.25) is 0 Å². The van der Waals surface area contributed by atoms with Crippen molar-refractivity contribution in [1.29, 1.82) is 0 Å². The third kappa shape index (κ3) is 34.5. The van der Waals surface area contributed by atoms with Crippen molar-refractivity contribution in [3.05, 3.63) is 0 Å². The van der Waals surface area contributed by atoms with Crippen LogP contribution in [0.25, 0.3) is 0 Å². The molecule has 0 heterocycles. The fraction of sp³-hybridized carbons (Fsp3) is 0.810. The van der Waals surface area contributed by atoms with E-state index in [-0.39, 0.29) is 36.7 Å². The fourth-order valence-corrected chi connectivity index (χ4v) is 1.95. The minimum atomic E-state index is -0.297. The summed E-state index contributed by atoms with van der Waals surface area (Å²) in [7, 11) is 5.34. The second-order valence-electron chi connectivity index (χ2n) is 6.44. The molecule has 0 rings (SSSR count). The van der Waals surface area contributed by atoms with E-state index in [4.69, 9.17) is 11.5 Å². The highest BCUT2D eigenvalue weighted by molar-refractivity contribution is 5.72. The van der Waals surface area contributed by atoms with E-state index in [0.29, 0.717) is 45.2 Å². The first-order chi connectivity index (χ1) is 15.8. The molecule has 6 N–H and O–H groups in total. The largest absolute Gasteiger partial charge is 0.469 e. The number of hydrogen-bond acceptors (Lipinski definition) is 12. The Labute approximate surface area is 197 Å².